The van der Waals surface area contributed by atoms with Gasteiger partial charge in [0.1, 0.15) is 0 Å². The molecule has 0 spiro atoms. The lowest BCUT2D eigenvalue weighted by Gasteiger charge is -2.15. The van der Waals surface area contributed by atoms with Gasteiger partial charge in [0.2, 0.25) is 0 Å². The summed E-state index contributed by atoms with van der Waals surface area (Å²) >= 11 is 0. The van der Waals surface area contributed by atoms with E-state index < -0.39 is 0 Å². The zero-order chi connectivity index (χ0) is 10.5. The fourth-order valence-electron chi connectivity index (χ4n) is 1.71. The molecule has 2 rings (SSSR count). The van der Waals surface area contributed by atoms with Crippen molar-refractivity contribution in [2.24, 2.45) is 0 Å². The highest BCUT2D eigenvalue weighted by Gasteiger charge is 2.04. The van der Waals surface area contributed by atoms with Crippen LogP contribution >= 0.6 is 0 Å². The summed E-state index contributed by atoms with van der Waals surface area (Å²) in [7, 11) is 0. The van der Waals surface area contributed by atoms with E-state index in [1.54, 1.807) is 0 Å². The van der Waals surface area contributed by atoms with E-state index in [1.165, 1.54) is 29.8 Å². The van der Waals surface area contributed by atoms with E-state index >= 15 is 0 Å². The summed E-state index contributed by atoms with van der Waals surface area (Å²) in [5.41, 5.74) is 3.70. The smallest absolute Gasteiger partial charge is 0.0457 e. The Labute approximate surface area is 91.5 Å². The van der Waals surface area contributed by atoms with E-state index in [4.69, 9.17) is 0 Å². The molecule has 0 aromatic heterocycles. The number of benzene rings is 1. The third kappa shape index (κ3) is 2.50. The Morgan fingerprint density at radius 1 is 1.20 bits per heavy atom. The molecule has 15 heavy (non-hydrogen) atoms. The van der Waals surface area contributed by atoms with Gasteiger partial charge in [-0.25, -0.2) is 0 Å². The Bertz CT molecular complexity index is 388. The molecule has 1 aromatic rings. The van der Waals surface area contributed by atoms with Crippen LogP contribution in [0.15, 0.2) is 42.1 Å². The largest absolute Gasteiger partial charge is 0.355 e. The van der Waals surface area contributed by atoms with Crippen LogP contribution < -0.4 is 5.32 Å². The van der Waals surface area contributed by atoms with Crippen LogP contribution in [0.3, 0.4) is 0 Å². The van der Waals surface area contributed by atoms with E-state index in [2.05, 4.69) is 54.7 Å². The summed E-state index contributed by atoms with van der Waals surface area (Å²) < 4.78 is 0. The minimum Gasteiger partial charge on any atom is -0.355 e. The van der Waals surface area contributed by atoms with Gasteiger partial charge in [-0.15, -0.1) is 0 Å². The second kappa shape index (κ2) is 4.83. The van der Waals surface area contributed by atoms with Crippen molar-refractivity contribution in [2.45, 2.75) is 26.2 Å². The maximum atomic E-state index is 3.43. The molecule has 0 atom stereocenters. The highest BCUT2D eigenvalue weighted by Crippen LogP contribution is 2.24. The summed E-state index contributed by atoms with van der Waals surface area (Å²) in [6, 6.07) is 8.37. The van der Waals surface area contributed by atoms with Crippen LogP contribution in [0.5, 0.6) is 0 Å². The van der Waals surface area contributed by atoms with Crippen molar-refractivity contribution in [3.63, 3.8) is 0 Å². The predicted octanol–water partition coefficient (Wildman–Crippen LogP) is 4.20. The van der Waals surface area contributed by atoms with Crippen LogP contribution in [0, 0.1) is 0 Å². The fraction of sp³-hybridized carbons (Fsp3) is 0.286. The third-order valence-electron chi connectivity index (χ3n) is 2.60. The van der Waals surface area contributed by atoms with Gasteiger partial charge in [0, 0.05) is 11.4 Å². The number of anilines is 1. The molecule has 1 nitrogen and oxygen atoms in total. The summed E-state index contributed by atoms with van der Waals surface area (Å²) in [4.78, 5) is 0. The van der Waals surface area contributed by atoms with E-state index in [-0.39, 0.29) is 0 Å². The molecular weight excluding hydrogens is 182 g/mol. The third-order valence-corrected chi connectivity index (χ3v) is 2.60. The Morgan fingerprint density at radius 3 is 2.93 bits per heavy atom. The van der Waals surface area contributed by atoms with Gasteiger partial charge >= 0.3 is 0 Å². The van der Waals surface area contributed by atoms with E-state index in [0.717, 1.165) is 6.42 Å². The summed E-state index contributed by atoms with van der Waals surface area (Å²) in [6.07, 6.45) is 10.3. The number of allylic oxidation sites excluding steroid dienone is 2. The number of nitrogens with one attached hydrogen (secondary N) is 1. The molecule has 0 saturated heterocycles. The molecule has 1 heteroatoms. The first kappa shape index (κ1) is 10.0. The highest BCUT2D eigenvalue weighted by atomic mass is 14.9. The van der Waals surface area contributed by atoms with Gasteiger partial charge in [-0.1, -0.05) is 43.7 Å². The predicted molar refractivity (Wildman–Crippen MR) is 66.7 cm³/mol. The summed E-state index contributed by atoms with van der Waals surface area (Å²) in [6.45, 7) is 2.22. The lowest BCUT2D eigenvalue weighted by atomic mass is 10.1. The Hall–Kier alpha value is -1.50. The monoisotopic (exact) mass is 199 g/mol. The Kier molecular flexibility index (Phi) is 3.23. The lowest BCUT2D eigenvalue weighted by molar-refractivity contribution is 0.812. The normalized spacial score (nSPS) is 16.2. The molecule has 0 radical (unpaired) electrons. The van der Waals surface area contributed by atoms with Crippen LogP contribution in [-0.4, -0.2) is 0 Å². The topological polar surface area (TPSA) is 12.0 Å². The van der Waals surface area contributed by atoms with Gasteiger partial charge in [-0.05, 0) is 30.5 Å². The zero-order valence-corrected chi connectivity index (χ0v) is 9.16. The van der Waals surface area contributed by atoms with Gasteiger partial charge in [0.15, 0.2) is 0 Å². The van der Waals surface area contributed by atoms with Crippen LogP contribution in [0.4, 0.5) is 5.69 Å². The molecule has 0 aliphatic carbocycles. The van der Waals surface area contributed by atoms with Gasteiger partial charge in [0.25, 0.3) is 0 Å². The van der Waals surface area contributed by atoms with Crippen molar-refractivity contribution in [3.05, 3.63) is 47.7 Å². The minimum atomic E-state index is 1.16. The number of unbranched alkanes of at least 4 members (excludes halogenated alkanes) is 2. The Morgan fingerprint density at radius 2 is 2.07 bits per heavy atom. The molecule has 0 unspecified atom stereocenters. The molecule has 1 N–H and O–H groups in total. The first-order chi connectivity index (χ1) is 7.40. The van der Waals surface area contributed by atoms with Gasteiger partial charge in [-0.3, -0.25) is 0 Å². The molecule has 0 fully saturated rings. The average molecular weight is 199 g/mol. The molecule has 1 heterocycles. The number of hydrogen-bond donors (Lipinski definition) is 1. The standard InChI is InChI=1S/C14H17N/c1-2-3-4-8-13-11-10-12-7-5-6-9-14(12)15-13/h5-11,15H,2-4H2,1H3. The number of fused-ring (bicyclic) bond motifs is 1. The van der Waals surface area contributed by atoms with Gasteiger partial charge in [0.05, 0.1) is 0 Å². The zero-order valence-electron chi connectivity index (χ0n) is 9.16. The van der Waals surface area contributed by atoms with Crippen molar-refractivity contribution < 1.29 is 0 Å². The summed E-state index contributed by atoms with van der Waals surface area (Å²) in [5.74, 6) is 0. The number of rotatable bonds is 3. The van der Waals surface area contributed by atoms with Crippen molar-refractivity contribution in [2.75, 3.05) is 5.32 Å². The van der Waals surface area contributed by atoms with Crippen molar-refractivity contribution >= 4 is 11.8 Å². The quantitative estimate of drug-likeness (QED) is 0.719. The first-order valence-corrected chi connectivity index (χ1v) is 5.64. The van der Waals surface area contributed by atoms with Gasteiger partial charge in [-0.2, -0.15) is 0 Å². The molecule has 0 bridgehead atoms. The maximum Gasteiger partial charge on any atom is 0.0457 e. The van der Waals surface area contributed by atoms with Crippen molar-refractivity contribution in [1.29, 1.82) is 0 Å². The average Bonchev–Trinajstić information content (AvgIpc) is 2.29. The molecule has 0 saturated carbocycles. The molecule has 78 valence electrons. The van der Waals surface area contributed by atoms with Gasteiger partial charge < -0.3 is 5.32 Å². The van der Waals surface area contributed by atoms with E-state index in [1.807, 2.05) is 0 Å². The van der Waals surface area contributed by atoms with Crippen molar-refractivity contribution in [3.8, 4) is 0 Å². The fourth-order valence-corrected chi connectivity index (χ4v) is 1.71. The number of para-hydroxylation sites is 1. The molecular formula is C14H17N. The summed E-state index contributed by atoms with van der Waals surface area (Å²) in [5, 5.41) is 3.43. The minimum absolute atomic E-state index is 1.16. The van der Waals surface area contributed by atoms with Crippen LogP contribution in [0.2, 0.25) is 0 Å². The second-order valence-corrected chi connectivity index (χ2v) is 3.85. The van der Waals surface area contributed by atoms with E-state index in [0.29, 0.717) is 0 Å². The second-order valence-electron chi connectivity index (χ2n) is 3.85. The highest BCUT2D eigenvalue weighted by molar-refractivity contribution is 5.74. The van der Waals surface area contributed by atoms with Crippen LogP contribution in [0.1, 0.15) is 31.7 Å². The molecule has 1 aliphatic rings. The molecule has 1 aromatic carbocycles. The first-order valence-electron chi connectivity index (χ1n) is 5.64. The molecule has 1 aliphatic heterocycles. The van der Waals surface area contributed by atoms with E-state index in [9.17, 15) is 0 Å². The van der Waals surface area contributed by atoms with Crippen molar-refractivity contribution in [1.82, 2.24) is 0 Å². The Balaban J connectivity index is 2.09. The van der Waals surface area contributed by atoms with Crippen LogP contribution in [0.25, 0.3) is 6.08 Å². The lowest BCUT2D eigenvalue weighted by Crippen LogP contribution is -2.02. The van der Waals surface area contributed by atoms with Crippen LogP contribution in [-0.2, 0) is 0 Å². The number of hydrogen-bond acceptors (Lipinski definition) is 1. The SMILES string of the molecule is CCCCC=C1C=Cc2ccccc2N1. The molecule has 0 amide bonds. The maximum absolute atomic E-state index is 3.43.